The molecule has 0 N–H and O–H groups in total. The van der Waals surface area contributed by atoms with Gasteiger partial charge in [0.15, 0.2) is 5.82 Å². The zero-order chi connectivity index (χ0) is 16.5. The third-order valence-corrected chi connectivity index (χ3v) is 3.97. The Hall–Kier alpha value is -3.21. The smallest absolute Gasteiger partial charge is 0.162 e. The maximum atomic E-state index is 4.79. The second-order valence-corrected chi connectivity index (χ2v) is 5.80. The van der Waals surface area contributed by atoms with Crippen LogP contribution in [-0.2, 0) is 0 Å². The van der Waals surface area contributed by atoms with Gasteiger partial charge in [-0.15, -0.1) is 0 Å². The summed E-state index contributed by atoms with van der Waals surface area (Å²) in [4.78, 5) is 15.7. The van der Waals surface area contributed by atoms with Gasteiger partial charge < -0.3 is 4.90 Å². The molecule has 0 atom stereocenters. The SMILES string of the molecule is CN(C)c1ccc(-c2nc(-n3ccnc3)c3ccccc3n2)cc1. The summed E-state index contributed by atoms with van der Waals surface area (Å²) in [6.07, 6.45) is 5.41. The van der Waals surface area contributed by atoms with Gasteiger partial charge in [-0.25, -0.2) is 15.0 Å². The third-order valence-electron chi connectivity index (χ3n) is 3.97. The van der Waals surface area contributed by atoms with Crippen molar-refractivity contribution in [1.82, 2.24) is 19.5 Å². The predicted octanol–water partition coefficient (Wildman–Crippen LogP) is 3.55. The first-order valence-corrected chi connectivity index (χ1v) is 7.75. The van der Waals surface area contributed by atoms with E-state index in [1.165, 1.54) is 0 Å². The number of nitrogens with zero attached hydrogens (tertiary/aromatic N) is 5. The lowest BCUT2D eigenvalue weighted by Crippen LogP contribution is -2.08. The molecule has 5 heteroatoms. The topological polar surface area (TPSA) is 46.8 Å². The van der Waals surface area contributed by atoms with Crippen molar-refractivity contribution in [3.8, 4) is 17.2 Å². The van der Waals surface area contributed by atoms with E-state index in [0.717, 1.165) is 28.0 Å². The molecule has 0 amide bonds. The number of fused-ring (bicyclic) bond motifs is 1. The van der Waals surface area contributed by atoms with Gasteiger partial charge in [-0.2, -0.15) is 0 Å². The Morgan fingerprint density at radius 1 is 0.917 bits per heavy atom. The molecular formula is C19H17N5. The molecule has 0 saturated heterocycles. The van der Waals surface area contributed by atoms with E-state index < -0.39 is 0 Å². The first-order valence-electron chi connectivity index (χ1n) is 7.75. The van der Waals surface area contributed by atoms with Crippen LogP contribution in [0.3, 0.4) is 0 Å². The highest BCUT2D eigenvalue weighted by atomic mass is 15.1. The Kier molecular flexibility index (Phi) is 3.46. The Labute approximate surface area is 140 Å². The lowest BCUT2D eigenvalue weighted by molar-refractivity contribution is 0.996. The number of imidazole rings is 1. The number of rotatable bonds is 3. The van der Waals surface area contributed by atoms with Crippen LogP contribution >= 0.6 is 0 Å². The normalized spacial score (nSPS) is 10.9. The van der Waals surface area contributed by atoms with Crippen molar-refractivity contribution in [2.24, 2.45) is 0 Å². The molecule has 0 radical (unpaired) electrons. The molecule has 0 aliphatic rings. The van der Waals surface area contributed by atoms with Crippen LogP contribution < -0.4 is 4.90 Å². The van der Waals surface area contributed by atoms with Crippen molar-refractivity contribution < 1.29 is 0 Å². The molecule has 2 aromatic heterocycles. The van der Waals surface area contributed by atoms with Gasteiger partial charge in [0.2, 0.25) is 0 Å². The second-order valence-electron chi connectivity index (χ2n) is 5.80. The summed E-state index contributed by atoms with van der Waals surface area (Å²) in [5.41, 5.74) is 3.06. The molecule has 0 aliphatic carbocycles. The number of para-hydroxylation sites is 1. The largest absolute Gasteiger partial charge is 0.378 e. The molecular weight excluding hydrogens is 298 g/mol. The Morgan fingerprint density at radius 2 is 1.71 bits per heavy atom. The van der Waals surface area contributed by atoms with Gasteiger partial charge in [0.25, 0.3) is 0 Å². The molecule has 0 unspecified atom stereocenters. The van der Waals surface area contributed by atoms with E-state index in [4.69, 9.17) is 9.97 Å². The van der Waals surface area contributed by atoms with E-state index in [0.29, 0.717) is 5.82 Å². The van der Waals surface area contributed by atoms with Gasteiger partial charge in [0.05, 0.1) is 5.52 Å². The van der Waals surface area contributed by atoms with Gasteiger partial charge in [-0.1, -0.05) is 12.1 Å². The van der Waals surface area contributed by atoms with Crippen LogP contribution in [0.1, 0.15) is 0 Å². The lowest BCUT2D eigenvalue weighted by atomic mass is 10.1. The van der Waals surface area contributed by atoms with Crippen molar-refractivity contribution in [2.45, 2.75) is 0 Å². The van der Waals surface area contributed by atoms with Gasteiger partial charge in [0.1, 0.15) is 12.1 Å². The van der Waals surface area contributed by atoms with Crippen molar-refractivity contribution in [2.75, 3.05) is 19.0 Å². The van der Waals surface area contributed by atoms with Gasteiger partial charge >= 0.3 is 0 Å². The van der Waals surface area contributed by atoms with E-state index in [-0.39, 0.29) is 0 Å². The van der Waals surface area contributed by atoms with Crippen LogP contribution in [0.25, 0.3) is 28.1 Å². The number of anilines is 1. The molecule has 0 saturated carbocycles. The van der Waals surface area contributed by atoms with Crippen molar-refractivity contribution in [1.29, 1.82) is 0 Å². The van der Waals surface area contributed by atoms with Crippen LogP contribution in [0.15, 0.2) is 67.3 Å². The van der Waals surface area contributed by atoms with Crippen LogP contribution in [0.5, 0.6) is 0 Å². The molecule has 0 bridgehead atoms. The minimum absolute atomic E-state index is 0.711. The summed E-state index contributed by atoms with van der Waals surface area (Å²) in [5, 5.41) is 1.00. The second kappa shape index (κ2) is 5.77. The Balaban J connectivity index is 1.90. The first kappa shape index (κ1) is 14.4. The monoisotopic (exact) mass is 315 g/mol. The molecule has 5 nitrogen and oxygen atoms in total. The highest BCUT2D eigenvalue weighted by molar-refractivity contribution is 5.87. The van der Waals surface area contributed by atoms with Crippen molar-refractivity contribution >= 4 is 16.6 Å². The predicted molar refractivity (Wildman–Crippen MR) is 96.4 cm³/mol. The number of hydrogen-bond donors (Lipinski definition) is 0. The fourth-order valence-electron chi connectivity index (χ4n) is 2.68. The zero-order valence-corrected chi connectivity index (χ0v) is 13.6. The van der Waals surface area contributed by atoms with E-state index in [2.05, 4.69) is 34.1 Å². The van der Waals surface area contributed by atoms with Crippen molar-refractivity contribution in [3.63, 3.8) is 0 Å². The summed E-state index contributed by atoms with van der Waals surface area (Å²) in [6, 6.07) is 16.3. The lowest BCUT2D eigenvalue weighted by Gasteiger charge is -2.13. The molecule has 4 rings (SSSR count). The average Bonchev–Trinajstić information content (AvgIpc) is 3.15. The summed E-state index contributed by atoms with van der Waals surface area (Å²) >= 11 is 0. The molecule has 2 aromatic carbocycles. The van der Waals surface area contributed by atoms with E-state index in [9.17, 15) is 0 Å². The molecule has 0 fully saturated rings. The number of aromatic nitrogens is 4. The minimum atomic E-state index is 0.711. The standard InChI is InChI=1S/C19H17N5/c1-23(2)15-9-7-14(8-10-15)18-21-17-6-4-3-5-16(17)19(22-18)24-12-11-20-13-24/h3-13H,1-2H3. The molecule has 0 spiro atoms. The maximum absolute atomic E-state index is 4.79. The first-order chi connectivity index (χ1) is 11.7. The molecule has 24 heavy (non-hydrogen) atoms. The average molecular weight is 315 g/mol. The highest BCUT2D eigenvalue weighted by Crippen LogP contribution is 2.25. The number of benzene rings is 2. The van der Waals surface area contributed by atoms with Gasteiger partial charge in [-0.05, 0) is 36.4 Å². The Bertz CT molecular complexity index is 973. The number of hydrogen-bond acceptors (Lipinski definition) is 4. The van der Waals surface area contributed by atoms with E-state index >= 15 is 0 Å². The molecule has 118 valence electrons. The summed E-state index contributed by atoms with van der Waals surface area (Å²) in [7, 11) is 4.05. The minimum Gasteiger partial charge on any atom is -0.378 e. The molecule has 0 aliphatic heterocycles. The van der Waals surface area contributed by atoms with Crippen LogP contribution in [0.2, 0.25) is 0 Å². The third kappa shape index (κ3) is 2.50. The van der Waals surface area contributed by atoms with Crippen LogP contribution in [-0.4, -0.2) is 33.6 Å². The zero-order valence-electron chi connectivity index (χ0n) is 13.6. The fourth-order valence-corrected chi connectivity index (χ4v) is 2.68. The summed E-state index contributed by atoms with van der Waals surface area (Å²) in [5.74, 6) is 1.55. The van der Waals surface area contributed by atoms with Crippen LogP contribution in [0.4, 0.5) is 5.69 Å². The fraction of sp³-hybridized carbons (Fsp3) is 0.105. The molecule has 2 heterocycles. The van der Waals surface area contributed by atoms with E-state index in [1.54, 1.807) is 12.5 Å². The summed E-state index contributed by atoms with van der Waals surface area (Å²) < 4.78 is 1.92. The van der Waals surface area contributed by atoms with Gasteiger partial charge in [0, 0.05) is 43.1 Å². The quantitative estimate of drug-likeness (QED) is 0.580. The summed E-state index contributed by atoms with van der Waals surface area (Å²) in [6.45, 7) is 0. The Morgan fingerprint density at radius 3 is 2.42 bits per heavy atom. The van der Waals surface area contributed by atoms with Gasteiger partial charge in [-0.3, -0.25) is 4.57 Å². The van der Waals surface area contributed by atoms with E-state index in [1.807, 2.05) is 49.1 Å². The highest BCUT2D eigenvalue weighted by Gasteiger charge is 2.10. The maximum Gasteiger partial charge on any atom is 0.162 e. The van der Waals surface area contributed by atoms with Crippen molar-refractivity contribution in [3.05, 3.63) is 67.3 Å². The van der Waals surface area contributed by atoms with Crippen LogP contribution in [0, 0.1) is 0 Å². The molecule has 4 aromatic rings.